The van der Waals surface area contributed by atoms with Gasteiger partial charge in [0.05, 0.1) is 11.1 Å². The van der Waals surface area contributed by atoms with Gasteiger partial charge in [-0.1, -0.05) is 18.2 Å². The minimum absolute atomic E-state index is 0.0234. The summed E-state index contributed by atoms with van der Waals surface area (Å²) in [5.41, 5.74) is -0.351. The Morgan fingerprint density at radius 3 is 2.17 bits per heavy atom. The number of alkyl halides is 3. The van der Waals surface area contributed by atoms with Crippen molar-refractivity contribution in [3.8, 4) is 0 Å². The molecule has 2 aromatic carbocycles. The van der Waals surface area contributed by atoms with Crippen molar-refractivity contribution >= 4 is 22.6 Å². The van der Waals surface area contributed by atoms with Gasteiger partial charge in [0, 0.05) is 17.1 Å². The van der Waals surface area contributed by atoms with Gasteiger partial charge >= 0.3 is 6.18 Å². The van der Waals surface area contributed by atoms with Crippen LogP contribution in [-0.4, -0.2) is 22.4 Å². The number of rotatable bonds is 2. The molecule has 0 aliphatic heterocycles. The van der Waals surface area contributed by atoms with Crippen LogP contribution >= 0.6 is 0 Å². The number of fused-ring (bicyclic) bond motifs is 1. The van der Waals surface area contributed by atoms with E-state index < -0.39 is 29.2 Å². The highest BCUT2D eigenvalue weighted by molar-refractivity contribution is 6.13. The average Bonchev–Trinajstić information content (AvgIpc) is 2.93. The van der Waals surface area contributed by atoms with Gasteiger partial charge in [0.15, 0.2) is 0 Å². The summed E-state index contributed by atoms with van der Waals surface area (Å²) in [6, 6.07) is 10.4. The molecule has 0 aliphatic rings. The van der Waals surface area contributed by atoms with E-state index in [1.54, 1.807) is 6.07 Å². The third-order valence-electron chi connectivity index (χ3n) is 3.52. The van der Waals surface area contributed by atoms with E-state index in [1.165, 1.54) is 30.3 Å². The van der Waals surface area contributed by atoms with Gasteiger partial charge in [0.2, 0.25) is 0 Å². The maximum atomic E-state index is 13.0. The molecule has 0 N–H and O–H groups in total. The Balaban J connectivity index is 2.17. The summed E-state index contributed by atoms with van der Waals surface area (Å²) in [5, 5.41) is 0.0234. The summed E-state index contributed by atoms with van der Waals surface area (Å²) in [5.74, 6) is -3.23. The van der Waals surface area contributed by atoms with Crippen LogP contribution < -0.4 is 0 Å². The number of hydrogen-bond acceptors (Lipinski definition) is 2. The summed E-state index contributed by atoms with van der Waals surface area (Å²) in [6.07, 6.45) is -4.18. The van der Waals surface area contributed by atoms with Crippen LogP contribution in [0.2, 0.25) is 0 Å². The van der Waals surface area contributed by atoms with E-state index in [1.807, 2.05) is 0 Å². The fourth-order valence-corrected chi connectivity index (χ4v) is 2.41. The molecule has 0 aliphatic carbocycles. The predicted molar refractivity (Wildman–Crippen MR) is 78.5 cm³/mol. The molecule has 0 atom stereocenters. The van der Waals surface area contributed by atoms with Crippen molar-refractivity contribution in [2.45, 2.75) is 6.18 Å². The standard InChI is InChI=1S/C17H9F4NO2/c18-11-7-5-10(6-8-11)16(24)22-9-13(15(23)17(19,20)21)12-3-1-2-4-14(12)22/h1-9H. The predicted octanol–water partition coefficient (Wildman–Crippen LogP) is 4.21. The highest BCUT2D eigenvalue weighted by Gasteiger charge is 2.41. The molecule has 0 saturated heterocycles. The molecule has 3 aromatic rings. The van der Waals surface area contributed by atoms with E-state index in [0.29, 0.717) is 0 Å². The van der Waals surface area contributed by atoms with Gasteiger partial charge in [-0.15, -0.1) is 0 Å². The van der Waals surface area contributed by atoms with Crippen LogP contribution in [0.15, 0.2) is 54.7 Å². The number of para-hydroxylation sites is 1. The highest BCUT2D eigenvalue weighted by atomic mass is 19.4. The number of carbonyl (C=O) groups is 2. The third kappa shape index (κ3) is 2.68. The molecule has 0 spiro atoms. The van der Waals surface area contributed by atoms with E-state index in [0.717, 1.165) is 22.9 Å². The fourth-order valence-electron chi connectivity index (χ4n) is 2.41. The number of ketones is 1. The summed E-state index contributed by atoms with van der Waals surface area (Å²) < 4.78 is 52.2. The number of aromatic nitrogens is 1. The average molecular weight is 335 g/mol. The Bertz CT molecular complexity index is 939. The van der Waals surface area contributed by atoms with Crippen LogP contribution in [0, 0.1) is 5.82 Å². The molecule has 1 heterocycles. The maximum absolute atomic E-state index is 13.0. The number of benzene rings is 2. The topological polar surface area (TPSA) is 39.1 Å². The van der Waals surface area contributed by atoms with Gasteiger partial charge < -0.3 is 0 Å². The number of halogens is 4. The van der Waals surface area contributed by atoms with Crippen LogP contribution in [0.3, 0.4) is 0 Å². The lowest BCUT2D eigenvalue weighted by Gasteiger charge is -2.04. The first-order valence-corrected chi connectivity index (χ1v) is 6.81. The lowest BCUT2D eigenvalue weighted by molar-refractivity contribution is -0.0884. The van der Waals surface area contributed by atoms with Crippen molar-refractivity contribution in [3.63, 3.8) is 0 Å². The number of nitrogens with zero attached hydrogens (tertiary/aromatic N) is 1. The summed E-state index contributed by atoms with van der Waals surface area (Å²) >= 11 is 0. The third-order valence-corrected chi connectivity index (χ3v) is 3.52. The van der Waals surface area contributed by atoms with Gasteiger partial charge in [0.25, 0.3) is 11.7 Å². The Kier molecular flexibility index (Phi) is 3.71. The molecular weight excluding hydrogens is 326 g/mol. The Labute approximate surface area is 133 Å². The first-order chi connectivity index (χ1) is 11.3. The largest absolute Gasteiger partial charge is 0.454 e. The zero-order chi connectivity index (χ0) is 17.5. The Hall–Kier alpha value is -2.96. The molecule has 1 aromatic heterocycles. The summed E-state index contributed by atoms with van der Waals surface area (Å²) in [7, 11) is 0. The molecule has 0 bridgehead atoms. The van der Waals surface area contributed by atoms with Gasteiger partial charge in [-0.05, 0) is 30.3 Å². The van der Waals surface area contributed by atoms with Crippen LogP contribution in [-0.2, 0) is 0 Å². The van der Waals surface area contributed by atoms with Crippen molar-refractivity contribution in [2.24, 2.45) is 0 Å². The van der Waals surface area contributed by atoms with Crippen molar-refractivity contribution in [2.75, 3.05) is 0 Å². The normalized spacial score (nSPS) is 11.7. The lowest BCUT2D eigenvalue weighted by atomic mass is 10.1. The minimum Gasteiger partial charge on any atom is -0.284 e. The molecule has 3 nitrogen and oxygen atoms in total. The smallest absolute Gasteiger partial charge is 0.284 e. The first-order valence-electron chi connectivity index (χ1n) is 6.81. The maximum Gasteiger partial charge on any atom is 0.454 e. The number of Topliss-reactive ketones (excluding diaryl/α,β-unsaturated/α-hetero) is 1. The van der Waals surface area contributed by atoms with Gasteiger partial charge in [-0.2, -0.15) is 13.2 Å². The Morgan fingerprint density at radius 1 is 0.917 bits per heavy atom. The highest BCUT2D eigenvalue weighted by Crippen LogP contribution is 2.29. The Morgan fingerprint density at radius 2 is 1.54 bits per heavy atom. The van der Waals surface area contributed by atoms with Crippen molar-refractivity contribution < 1.29 is 27.2 Å². The molecule has 0 fully saturated rings. The van der Waals surface area contributed by atoms with Crippen molar-refractivity contribution in [1.82, 2.24) is 4.57 Å². The number of hydrogen-bond donors (Lipinski definition) is 0. The second-order valence-electron chi connectivity index (χ2n) is 5.07. The summed E-state index contributed by atoms with van der Waals surface area (Å²) in [4.78, 5) is 24.1. The van der Waals surface area contributed by atoms with Gasteiger partial charge in [0.1, 0.15) is 5.82 Å². The van der Waals surface area contributed by atoms with Crippen LogP contribution in [0.1, 0.15) is 20.7 Å². The minimum atomic E-state index is -5.05. The molecular formula is C17H9F4NO2. The van der Waals surface area contributed by atoms with E-state index in [-0.39, 0.29) is 16.5 Å². The molecule has 0 radical (unpaired) electrons. The van der Waals surface area contributed by atoms with E-state index >= 15 is 0 Å². The monoisotopic (exact) mass is 335 g/mol. The van der Waals surface area contributed by atoms with Gasteiger partial charge in [-0.25, -0.2) is 4.39 Å². The second kappa shape index (κ2) is 5.59. The molecule has 3 rings (SSSR count). The van der Waals surface area contributed by atoms with Gasteiger partial charge in [-0.3, -0.25) is 14.2 Å². The molecule has 24 heavy (non-hydrogen) atoms. The molecule has 0 amide bonds. The second-order valence-corrected chi connectivity index (χ2v) is 5.07. The quantitative estimate of drug-likeness (QED) is 0.520. The van der Waals surface area contributed by atoms with E-state index in [4.69, 9.17) is 0 Å². The SMILES string of the molecule is O=C(c1ccc(F)cc1)n1cc(C(=O)C(F)(F)F)c2ccccc21. The van der Waals surface area contributed by atoms with E-state index in [9.17, 15) is 27.2 Å². The van der Waals surface area contributed by atoms with Crippen molar-refractivity contribution in [3.05, 3.63) is 71.7 Å². The summed E-state index contributed by atoms with van der Waals surface area (Å²) in [6.45, 7) is 0. The molecule has 0 unspecified atom stereocenters. The molecule has 122 valence electrons. The van der Waals surface area contributed by atoms with Crippen molar-refractivity contribution in [1.29, 1.82) is 0 Å². The first kappa shape index (κ1) is 15.9. The van der Waals surface area contributed by atoms with Crippen LogP contribution in [0.25, 0.3) is 10.9 Å². The van der Waals surface area contributed by atoms with Crippen LogP contribution in [0.5, 0.6) is 0 Å². The van der Waals surface area contributed by atoms with Crippen LogP contribution in [0.4, 0.5) is 17.6 Å². The zero-order valence-electron chi connectivity index (χ0n) is 12.0. The molecule has 7 heteroatoms. The number of carbonyl (C=O) groups excluding carboxylic acids is 2. The molecule has 0 saturated carbocycles. The lowest BCUT2D eigenvalue weighted by Crippen LogP contribution is -2.22. The van der Waals surface area contributed by atoms with E-state index in [2.05, 4.69) is 0 Å². The fraction of sp³-hybridized carbons (Fsp3) is 0.0588. The zero-order valence-corrected chi connectivity index (χ0v) is 12.0.